The predicted octanol–water partition coefficient (Wildman–Crippen LogP) is 2.41. The second-order valence-electron chi connectivity index (χ2n) is 4.94. The minimum absolute atomic E-state index is 0.0246. The van der Waals surface area contributed by atoms with Crippen molar-refractivity contribution in [3.05, 3.63) is 41.4 Å². The van der Waals surface area contributed by atoms with Crippen LogP contribution in [0, 0.1) is 0 Å². The van der Waals surface area contributed by atoms with Gasteiger partial charge in [-0.25, -0.2) is 4.98 Å². The molecule has 1 atom stereocenters. The Balaban J connectivity index is 1.78. The molecule has 1 fully saturated rings. The van der Waals surface area contributed by atoms with Gasteiger partial charge in [-0.05, 0) is 12.8 Å². The lowest BCUT2D eigenvalue weighted by Gasteiger charge is -2.29. The summed E-state index contributed by atoms with van der Waals surface area (Å²) in [5.74, 6) is -0.0246. The quantitative estimate of drug-likeness (QED) is 0.923. The van der Waals surface area contributed by atoms with Crippen LogP contribution in [0.3, 0.4) is 0 Å². The zero-order valence-electron chi connectivity index (χ0n) is 11.0. The molecule has 1 aliphatic rings. The first-order valence-corrected chi connectivity index (χ1v) is 7.54. The number of likely N-dealkylation sites (tertiary alicyclic amines) is 1. The van der Waals surface area contributed by atoms with Crippen molar-refractivity contribution in [3.8, 4) is 10.6 Å². The molecule has 104 valence electrons. The maximum absolute atomic E-state index is 12.4. The van der Waals surface area contributed by atoms with E-state index < -0.39 is 6.10 Å². The number of hydrogen-bond donors (Lipinski definition) is 1. The van der Waals surface area contributed by atoms with Gasteiger partial charge >= 0.3 is 0 Å². The molecule has 0 bridgehead atoms. The lowest BCUT2D eigenvalue weighted by molar-refractivity contribution is 0.0477. The molecular weight excluding hydrogens is 272 g/mol. The van der Waals surface area contributed by atoms with E-state index in [0.717, 1.165) is 23.4 Å². The second-order valence-corrected chi connectivity index (χ2v) is 5.97. The lowest BCUT2D eigenvalue weighted by Crippen LogP contribution is -2.41. The smallest absolute Gasteiger partial charge is 0.265 e. The molecule has 2 aromatic rings. The van der Waals surface area contributed by atoms with Crippen LogP contribution in [0.15, 0.2) is 36.5 Å². The number of carbonyl (C=O) groups is 1. The van der Waals surface area contributed by atoms with Crippen molar-refractivity contribution < 1.29 is 9.90 Å². The molecule has 5 heteroatoms. The SMILES string of the molecule is O=C(c1cnc(-c2ccccc2)s1)N1CCC[C@@H](O)C1. The van der Waals surface area contributed by atoms with Gasteiger partial charge < -0.3 is 10.0 Å². The molecular formula is C15H16N2O2S. The largest absolute Gasteiger partial charge is 0.391 e. The van der Waals surface area contributed by atoms with Gasteiger partial charge in [-0.15, -0.1) is 11.3 Å². The summed E-state index contributed by atoms with van der Waals surface area (Å²) in [6, 6.07) is 9.84. The maximum atomic E-state index is 12.4. The number of benzene rings is 1. The van der Waals surface area contributed by atoms with Gasteiger partial charge in [0.15, 0.2) is 0 Å². The summed E-state index contributed by atoms with van der Waals surface area (Å²) in [7, 11) is 0. The third kappa shape index (κ3) is 2.73. The Hall–Kier alpha value is -1.72. The lowest BCUT2D eigenvalue weighted by atomic mass is 10.1. The minimum atomic E-state index is -0.394. The van der Waals surface area contributed by atoms with Gasteiger partial charge in [0.25, 0.3) is 5.91 Å². The molecule has 1 N–H and O–H groups in total. The van der Waals surface area contributed by atoms with Crippen LogP contribution in [0.4, 0.5) is 0 Å². The van der Waals surface area contributed by atoms with Gasteiger partial charge in [0.2, 0.25) is 0 Å². The van der Waals surface area contributed by atoms with Crippen molar-refractivity contribution in [2.45, 2.75) is 18.9 Å². The molecule has 0 unspecified atom stereocenters. The fraction of sp³-hybridized carbons (Fsp3) is 0.333. The first kappa shape index (κ1) is 13.3. The van der Waals surface area contributed by atoms with Crippen molar-refractivity contribution in [2.75, 3.05) is 13.1 Å². The van der Waals surface area contributed by atoms with Crippen LogP contribution in [-0.4, -0.2) is 40.1 Å². The second kappa shape index (κ2) is 5.73. The number of aromatic nitrogens is 1. The number of amides is 1. The molecule has 2 heterocycles. The minimum Gasteiger partial charge on any atom is -0.391 e. The third-order valence-electron chi connectivity index (χ3n) is 3.42. The molecule has 1 saturated heterocycles. The fourth-order valence-corrected chi connectivity index (χ4v) is 3.27. The Labute approximate surface area is 121 Å². The van der Waals surface area contributed by atoms with Gasteiger partial charge in [-0.2, -0.15) is 0 Å². The summed E-state index contributed by atoms with van der Waals surface area (Å²) < 4.78 is 0. The molecule has 0 saturated carbocycles. The number of carbonyl (C=O) groups excluding carboxylic acids is 1. The van der Waals surface area contributed by atoms with Crippen LogP contribution in [0.5, 0.6) is 0 Å². The Morgan fingerprint density at radius 3 is 2.90 bits per heavy atom. The van der Waals surface area contributed by atoms with Crippen molar-refractivity contribution in [3.63, 3.8) is 0 Å². The van der Waals surface area contributed by atoms with E-state index in [4.69, 9.17) is 0 Å². The van der Waals surface area contributed by atoms with Gasteiger partial charge in [0.1, 0.15) is 9.88 Å². The average molecular weight is 288 g/mol. The van der Waals surface area contributed by atoms with Crippen molar-refractivity contribution in [1.82, 2.24) is 9.88 Å². The Bertz CT molecular complexity index is 597. The van der Waals surface area contributed by atoms with Crippen LogP contribution in [0.25, 0.3) is 10.6 Å². The predicted molar refractivity (Wildman–Crippen MR) is 78.7 cm³/mol. The van der Waals surface area contributed by atoms with E-state index in [9.17, 15) is 9.90 Å². The molecule has 3 rings (SSSR count). The molecule has 0 radical (unpaired) electrons. The molecule has 1 aliphatic heterocycles. The van der Waals surface area contributed by atoms with E-state index in [2.05, 4.69) is 4.98 Å². The number of thiazole rings is 1. The van der Waals surface area contributed by atoms with Crippen LogP contribution in [0.2, 0.25) is 0 Å². The normalized spacial score (nSPS) is 19.1. The van der Waals surface area contributed by atoms with Gasteiger partial charge in [0, 0.05) is 18.7 Å². The molecule has 4 nitrogen and oxygen atoms in total. The van der Waals surface area contributed by atoms with E-state index in [0.29, 0.717) is 18.0 Å². The van der Waals surface area contributed by atoms with Crippen molar-refractivity contribution >= 4 is 17.2 Å². The van der Waals surface area contributed by atoms with Crippen LogP contribution in [-0.2, 0) is 0 Å². The van der Waals surface area contributed by atoms with Gasteiger partial charge in [-0.1, -0.05) is 30.3 Å². The Morgan fingerprint density at radius 1 is 1.35 bits per heavy atom. The first-order chi connectivity index (χ1) is 9.74. The number of β-amino-alcohol motifs (C(OH)–C–C–N with tert-alkyl or cyclic N) is 1. The topological polar surface area (TPSA) is 53.4 Å². The summed E-state index contributed by atoms with van der Waals surface area (Å²) in [5, 5.41) is 10.5. The highest BCUT2D eigenvalue weighted by Gasteiger charge is 2.24. The number of hydrogen-bond acceptors (Lipinski definition) is 4. The number of rotatable bonds is 2. The maximum Gasteiger partial charge on any atom is 0.265 e. The van der Waals surface area contributed by atoms with Crippen LogP contribution < -0.4 is 0 Å². The Morgan fingerprint density at radius 2 is 2.15 bits per heavy atom. The molecule has 0 aliphatic carbocycles. The van der Waals surface area contributed by atoms with E-state index in [-0.39, 0.29) is 5.91 Å². The summed E-state index contributed by atoms with van der Waals surface area (Å²) >= 11 is 1.41. The van der Waals surface area contributed by atoms with Crippen LogP contribution >= 0.6 is 11.3 Å². The molecule has 1 amide bonds. The number of aliphatic hydroxyl groups is 1. The number of nitrogens with zero attached hydrogens (tertiary/aromatic N) is 2. The van der Waals surface area contributed by atoms with Crippen LogP contribution in [0.1, 0.15) is 22.5 Å². The summed E-state index contributed by atoms with van der Waals surface area (Å²) in [4.78, 5) is 19.1. The molecule has 1 aromatic heterocycles. The Kier molecular flexibility index (Phi) is 3.80. The highest BCUT2D eigenvalue weighted by molar-refractivity contribution is 7.16. The van der Waals surface area contributed by atoms with E-state index in [1.807, 2.05) is 30.3 Å². The number of aliphatic hydroxyl groups excluding tert-OH is 1. The zero-order chi connectivity index (χ0) is 13.9. The standard InChI is InChI=1S/C15H16N2O2S/c18-12-7-4-8-17(10-12)15(19)13-9-16-14(20-13)11-5-2-1-3-6-11/h1-3,5-6,9,12,18H,4,7-8,10H2/t12-/m1/s1. The summed E-state index contributed by atoms with van der Waals surface area (Å²) in [6.07, 6.45) is 2.88. The van der Waals surface area contributed by atoms with E-state index in [1.165, 1.54) is 11.3 Å². The van der Waals surface area contributed by atoms with Gasteiger partial charge in [-0.3, -0.25) is 4.79 Å². The third-order valence-corrected chi connectivity index (χ3v) is 4.46. The average Bonchev–Trinajstić information content (AvgIpc) is 2.97. The molecule has 0 spiro atoms. The highest BCUT2D eigenvalue weighted by Crippen LogP contribution is 2.26. The zero-order valence-corrected chi connectivity index (χ0v) is 11.8. The van der Waals surface area contributed by atoms with E-state index in [1.54, 1.807) is 11.1 Å². The highest BCUT2D eigenvalue weighted by atomic mass is 32.1. The monoisotopic (exact) mass is 288 g/mol. The van der Waals surface area contributed by atoms with E-state index >= 15 is 0 Å². The van der Waals surface area contributed by atoms with Crippen molar-refractivity contribution in [2.24, 2.45) is 0 Å². The summed E-state index contributed by atoms with van der Waals surface area (Å²) in [5.41, 5.74) is 1.02. The van der Waals surface area contributed by atoms with Crippen molar-refractivity contribution in [1.29, 1.82) is 0 Å². The molecule has 20 heavy (non-hydrogen) atoms. The summed E-state index contributed by atoms with van der Waals surface area (Å²) in [6.45, 7) is 1.14. The number of piperidine rings is 1. The fourth-order valence-electron chi connectivity index (χ4n) is 2.38. The van der Waals surface area contributed by atoms with Gasteiger partial charge in [0.05, 0.1) is 12.3 Å². The first-order valence-electron chi connectivity index (χ1n) is 6.72. The molecule has 1 aromatic carbocycles.